The Balaban J connectivity index is 2.69. The average Bonchev–Trinajstić information content (AvgIpc) is 2.16. The Bertz CT molecular complexity index is 508. The summed E-state index contributed by atoms with van der Waals surface area (Å²) in [6.07, 6.45) is 0. The van der Waals surface area contributed by atoms with Gasteiger partial charge in [-0.15, -0.1) is 0 Å². The molecule has 2 rings (SSSR count). The summed E-state index contributed by atoms with van der Waals surface area (Å²) < 4.78 is 1.06. The Morgan fingerprint density at radius 3 is 2.50 bits per heavy atom. The summed E-state index contributed by atoms with van der Waals surface area (Å²) in [5.41, 5.74) is 6.47. The first-order valence-corrected chi connectivity index (χ1v) is 5.36. The van der Waals surface area contributed by atoms with E-state index in [0.717, 1.165) is 15.4 Å². The van der Waals surface area contributed by atoms with Crippen molar-refractivity contribution in [3.63, 3.8) is 0 Å². The van der Waals surface area contributed by atoms with E-state index < -0.39 is 0 Å². The highest BCUT2D eigenvalue weighted by Gasteiger charge is 1.98. The van der Waals surface area contributed by atoms with Crippen molar-refractivity contribution in [1.82, 2.24) is 0 Å². The van der Waals surface area contributed by atoms with Gasteiger partial charge in [0, 0.05) is 10.0 Å². The zero-order valence-corrected chi connectivity index (χ0v) is 9.73. The zero-order chi connectivity index (χ0) is 10.1. The van der Waals surface area contributed by atoms with Gasteiger partial charge >= 0.3 is 0 Å². The van der Waals surface area contributed by atoms with Crippen LogP contribution in [0.3, 0.4) is 0 Å². The van der Waals surface area contributed by atoms with Gasteiger partial charge < -0.3 is 5.73 Å². The summed E-state index contributed by atoms with van der Waals surface area (Å²) in [6.45, 7) is 0. The molecule has 70 valence electrons. The van der Waals surface area contributed by atoms with Crippen LogP contribution in [0.1, 0.15) is 5.56 Å². The minimum absolute atomic E-state index is 0.437. The van der Waals surface area contributed by atoms with Crippen LogP contribution in [-0.4, -0.2) is 4.99 Å². The Labute approximate surface area is 96.0 Å². The first-order valence-electron chi connectivity index (χ1n) is 4.16. The molecule has 0 fully saturated rings. The number of hydrogen-bond acceptors (Lipinski definition) is 1. The number of hydrogen-bond donors (Lipinski definition) is 1. The lowest BCUT2D eigenvalue weighted by Crippen LogP contribution is -2.08. The van der Waals surface area contributed by atoms with Crippen LogP contribution in [0.15, 0.2) is 40.9 Å². The quantitative estimate of drug-likeness (QED) is 0.802. The van der Waals surface area contributed by atoms with Crippen LogP contribution in [0.4, 0.5) is 0 Å². The van der Waals surface area contributed by atoms with Gasteiger partial charge in [0.05, 0.1) is 0 Å². The van der Waals surface area contributed by atoms with Crippen molar-refractivity contribution in [1.29, 1.82) is 0 Å². The van der Waals surface area contributed by atoms with Crippen LogP contribution in [0.2, 0.25) is 0 Å². The highest BCUT2D eigenvalue weighted by atomic mass is 79.9. The molecule has 0 spiro atoms. The summed E-state index contributed by atoms with van der Waals surface area (Å²) in [5.74, 6) is 0. The van der Waals surface area contributed by atoms with Gasteiger partial charge in [-0.25, -0.2) is 0 Å². The second kappa shape index (κ2) is 3.67. The van der Waals surface area contributed by atoms with Crippen LogP contribution in [0.25, 0.3) is 10.8 Å². The van der Waals surface area contributed by atoms with Crippen LogP contribution >= 0.6 is 28.1 Å². The molecule has 3 heteroatoms. The maximum atomic E-state index is 5.56. The standard InChI is InChI=1S/C11H8BrNS/c12-10-4-3-7-1-2-8(11(13)14)5-9(7)6-10/h1-6H,(H2,13,14). The van der Waals surface area contributed by atoms with Gasteiger partial charge in [0.15, 0.2) is 0 Å². The summed E-state index contributed by atoms with van der Waals surface area (Å²) >= 11 is 8.35. The molecule has 0 radical (unpaired) electrons. The van der Waals surface area contributed by atoms with Crippen LogP contribution in [-0.2, 0) is 0 Å². The maximum Gasteiger partial charge on any atom is 0.104 e. The molecule has 2 aromatic rings. The lowest BCUT2D eigenvalue weighted by Gasteiger charge is -2.02. The van der Waals surface area contributed by atoms with Gasteiger partial charge in [0.25, 0.3) is 0 Å². The fourth-order valence-electron chi connectivity index (χ4n) is 1.37. The minimum atomic E-state index is 0.437. The van der Waals surface area contributed by atoms with Gasteiger partial charge in [0.2, 0.25) is 0 Å². The molecule has 2 N–H and O–H groups in total. The normalized spacial score (nSPS) is 10.4. The Morgan fingerprint density at radius 2 is 1.79 bits per heavy atom. The molecule has 0 aromatic heterocycles. The largest absolute Gasteiger partial charge is 0.389 e. The molecule has 0 heterocycles. The minimum Gasteiger partial charge on any atom is -0.389 e. The third kappa shape index (κ3) is 1.79. The number of halogens is 1. The molecule has 1 nitrogen and oxygen atoms in total. The van der Waals surface area contributed by atoms with Gasteiger partial charge in [-0.1, -0.05) is 46.3 Å². The summed E-state index contributed by atoms with van der Waals surface area (Å²) in [5, 5.41) is 2.33. The molecule has 2 aromatic carbocycles. The molecule has 0 unspecified atom stereocenters. The Kier molecular flexibility index (Phi) is 2.52. The Hall–Kier alpha value is -0.930. The third-order valence-corrected chi connectivity index (χ3v) is 2.82. The topological polar surface area (TPSA) is 26.0 Å². The van der Waals surface area contributed by atoms with E-state index in [1.807, 2.05) is 24.3 Å². The molecule has 0 bridgehead atoms. The van der Waals surface area contributed by atoms with E-state index in [0.29, 0.717) is 4.99 Å². The lowest BCUT2D eigenvalue weighted by atomic mass is 10.1. The second-order valence-corrected chi connectivity index (χ2v) is 4.43. The molecule has 0 saturated carbocycles. The molecule has 0 amide bonds. The van der Waals surface area contributed by atoms with Gasteiger partial charge in [-0.3, -0.25) is 0 Å². The molecular formula is C11H8BrNS. The average molecular weight is 266 g/mol. The smallest absolute Gasteiger partial charge is 0.104 e. The highest BCUT2D eigenvalue weighted by molar-refractivity contribution is 9.10. The van der Waals surface area contributed by atoms with Crippen molar-refractivity contribution in [2.75, 3.05) is 0 Å². The number of fused-ring (bicyclic) bond motifs is 1. The van der Waals surface area contributed by atoms with Crippen LogP contribution in [0.5, 0.6) is 0 Å². The van der Waals surface area contributed by atoms with Gasteiger partial charge in [-0.2, -0.15) is 0 Å². The van der Waals surface area contributed by atoms with Gasteiger partial charge in [-0.05, 0) is 29.0 Å². The molecule has 14 heavy (non-hydrogen) atoms. The van der Waals surface area contributed by atoms with E-state index in [1.165, 1.54) is 5.39 Å². The summed E-state index contributed by atoms with van der Waals surface area (Å²) in [6, 6.07) is 12.1. The molecule has 0 saturated heterocycles. The zero-order valence-electron chi connectivity index (χ0n) is 7.33. The third-order valence-electron chi connectivity index (χ3n) is 2.09. The number of thiocarbonyl (C=S) groups is 1. The summed E-state index contributed by atoms with van der Waals surface area (Å²) in [4.78, 5) is 0.437. The SMILES string of the molecule is NC(=S)c1ccc2ccc(Br)cc2c1. The molecule has 0 aliphatic rings. The lowest BCUT2D eigenvalue weighted by molar-refractivity contribution is 1.65. The molecule has 0 aliphatic carbocycles. The van der Waals surface area contributed by atoms with Crippen molar-refractivity contribution >= 4 is 43.9 Å². The Morgan fingerprint density at radius 1 is 1.07 bits per heavy atom. The van der Waals surface area contributed by atoms with Crippen molar-refractivity contribution in [2.45, 2.75) is 0 Å². The van der Waals surface area contributed by atoms with E-state index in [-0.39, 0.29) is 0 Å². The fourth-order valence-corrected chi connectivity index (χ4v) is 1.88. The first kappa shape index (κ1) is 9.62. The van der Waals surface area contributed by atoms with Crippen LogP contribution < -0.4 is 5.73 Å². The molecule has 0 atom stereocenters. The van der Waals surface area contributed by atoms with Crippen LogP contribution in [0, 0.1) is 0 Å². The van der Waals surface area contributed by atoms with E-state index in [2.05, 4.69) is 28.1 Å². The van der Waals surface area contributed by atoms with Crippen molar-refractivity contribution in [3.8, 4) is 0 Å². The number of rotatable bonds is 1. The fraction of sp³-hybridized carbons (Fsp3) is 0. The highest BCUT2D eigenvalue weighted by Crippen LogP contribution is 2.20. The van der Waals surface area contributed by atoms with E-state index in [1.54, 1.807) is 0 Å². The second-order valence-electron chi connectivity index (χ2n) is 3.07. The van der Waals surface area contributed by atoms with E-state index >= 15 is 0 Å². The first-order chi connectivity index (χ1) is 6.66. The number of nitrogens with two attached hydrogens (primary N) is 1. The van der Waals surface area contributed by atoms with Gasteiger partial charge in [0.1, 0.15) is 4.99 Å². The van der Waals surface area contributed by atoms with Crippen molar-refractivity contribution in [3.05, 3.63) is 46.4 Å². The maximum absolute atomic E-state index is 5.56. The summed E-state index contributed by atoms with van der Waals surface area (Å²) in [7, 11) is 0. The van der Waals surface area contributed by atoms with E-state index in [4.69, 9.17) is 18.0 Å². The predicted molar refractivity (Wildman–Crippen MR) is 67.5 cm³/mol. The number of benzene rings is 2. The monoisotopic (exact) mass is 265 g/mol. The predicted octanol–water partition coefficient (Wildman–Crippen LogP) is 3.24. The van der Waals surface area contributed by atoms with E-state index in [9.17, 15) is 0 Å². The molecule has 0 aliphatic heterocycles. The molecular weight excluding hydrogens is 258 g/mol. The van der Waals surface area contributed by atoms with Crippen molar-refractivity contribution < 1.29 is 0 Å². The van der Waals surface area contributed by atoms with Crippen molar-refractivity contribution in [2.24, 2.45) is 5.73 Å².